The molecule has 0 aromatic carbocycles. The maximum atomic E-state index is 12.7. The molecule has 2 heterocycles. The Morgan fingerprint density at radius 1 is 1.41 bits per heavy atom. The smallest absolute Gasteiger partial charge is 0.370 e. The molecule has 4 nitrogen and oxygen atoms in total. The molecule has 8 heteroatoms. The number of aromatic amines is 1. The van der Waals surface area contributed by atoms with Gasteiger partial charge >= 0.3 is 6.18 Å². The minimum atomic E-state index is -4.46. The number of hydrogen-bond donors (Lipinski definition) is 2. The minimum absolute atomic E-state index is 0.0632. The van der Waals surface area contributed by atoms with E-state index in [4.69, 9.17) is 11.6 Å². The summed E-state index contributed by atoms with van der Waals surface area (Å²) in [6.07, 6.45) is -3.60. The largest absolute Gasteiger partial charge is 0.418 e. The van der Waals surface area contributed by atoms with Gasteiger partial charge in [0.2, 0.25) is 5.28 Å². The summed E-state index contributed by atoms with van der Waals surface area (Å²) in [4.78, 5) is 9.91. The average molecular weight is 265 g/mol. The van der Waals surface area contributed by atoms with E-state index < -0.39 is 11.7 Å². The Kier molecular flexibility index (Phi) is 2.86. The topological polar surface area (TPSA) is 53.6 Å². The van der Waals surface area contributed by atoms with Crippen LogP contribution in [-0.2, 0) is 6.18 Å². The molecular weight excluding hydrogens is 257 g/mol. The highest BCUT2D eigenvalue weighted by atomic mass is 35.5. The van der Waals surface area contributed by atoms with Gasteiger partial charge in [-0.3, -0.25) is 0 Å². The van der Waals surface area contributed by atoms with E-state index in [0.29, 0.717) is 6.54 Å². The highest BCUT2D eigenvalue weighted by Crippen LogP contribution is 2.37. The first kappa shape index (κ1) is 12.0. The quantitative estimate of drug-likeness (QED) is 0.820. The fraction of sp³-hybridized carbons (Fsp3) is 0.333. The van der Waals surface area contributed by atoms with Gasteiger partial charge in [0.15, 0.2) is 0 Å². The predicted molar refractivity (Wildman–Crippen MR) is 58.1 cm³/mol. The van der Waals surface area contributed by atoms with Crippen molar-refractivity contribution in [3.05, 3.63) is 17.0 Å². The number of halogens is 4. The molecule has 2 aromatic rings. The monoisotopic (exact) mass is 264 g/mol. The molecule has 0 amide bonds. The van der Waals surface area contributed by atoms with Gasteiger partial charge in [0, 0.05) is 12.7 Å². The van der Waals surface area contributed by atoms with Crippen LogP contribution in [0.5, 0.6) is 0 Å². The average Bonchev–Trinajstić information content (AvgIpc) is 2.60. The maximum Gasteiger partial charge on any atom is 0.418 e. The molecule has 2 aromatic heterocycles. The molecular formula is C9H8ClF3N4. The molecule has 0 aliphatic heterocycles. The Balaban J connectivity index is 2.73. The van der Waals surface area contributed by atoms with Crippen LogP contribution in [0.3, 0.4) is 0 Å². The summed E-state index contributed by atoms with van der Waals surface area (Å²) in [5.41, 5.74) is -0.742. The summed E-state index contributed by atoms with van der Waals surface area (Å²) in [7, 11) is 0. The highest BCUT2D eigenvalue weighted by molar-refractivity contribution is 6.28. The zero-order valence-corrected chi connectivity index (χ0v) is 9.45. The third-order valence-electron chi connectivity index (χ3n) is 2.15. The Morgan fingerprint density at radius 2 is 2.12 bits per heavy atom. The van der Waals surface area contributed by atoms with Crippen molar-refractivity contribution in [1.82, 2.24) is 15.0 Å². The molecule has 17 heavy (non-hydrogen) atoms. The van der Waals surface area contributed by atoms with Crippen molar-refractivity contribution < 1.29 is 13.2 Å². The molecule has 0 atom stereocenters. The van der Waals surface area contributed by atoms with Crippen LogP contribution in [0.15, 0.2) is 6.20 Å². The number of H-pyrrole nitrogens is 1. The summed E-state index contributed by atoms with van der Waals surface area (Å²) in [5.74, 6) is 0.0797. The Bertz CT molecular complexity index is 549. The molecule has 0 spiro atoms. The lowest BCUT2D eigenvalue weighted by atomic mass is 10.2. The molecule has 0 radical (unpaired) electrons. The molecule has 0 aliphatic rings. The third-order valence-corrected chi connectivity index (χ3v) is 2.32. The highest BCUT2D eigenvalue weighted by Gasteiger charge is 2.35. The van der Waals surface area contributed by atoms with Crippen molar-refractivity contribution in [2.75, 3.05) is 11.9 Å². The van der Waals surface area contributed by atoms with E-state index >= 15 is 0 Å². The molecule has 0 aliphatic carbocycles. The molecule has 2 rings (SSSR count). The molecule has 92 valence electrons. The predicted octanol–water partition coefficient (Wildman–Crippen LogP) is 3.06. The summed E-state index contributed by atoms with van der Waals surface area (Å²) < 4.78 is 38.2. The van der Waals surface area contributed by atoms with Crippen molar-refractivity contribution in [2.45, 2.75) is 13.1 Å². The van der Waals surface area contributed by atoms with Crippen molar-refractivity contribution in [3.8, 4) is 0 Å². The van der Waals surface area contributed by atoms with Crippen LogP contribution in [0.25, 0.3) is 11.0 Å². The lowest BCUT2D eigenvalue weighted by Crippen LogP contribution is -2.07. The van der Waals surface area contributed by atoms with Crippen molar-refractivity contribution in [3.63, 3.8) is 0 Å². The summed E-state index contributed by atoms with van der Waals surface area (Å²) >= 11 is 5.62. The number of nitrogens with one attached hydrogen (secondary N) is 2. The van der Waals surface area contributed by atoms with Gasteiger partial charge in [-0.1, -0.05) is 0 Å². The van der Waals surface area contributed by atoms with Crippen LogP contribution >= 0.6 is 11.6 Å². The van der Waals surface area contributed by atoms with Crippen LogP contribution in [0.2, 0.25) is 5.28 Å². The van der Waals surface area contributed by atoms with Gasteiger partial charge in [0.05, 0.1) is 10.9 Å². The Morgan fingerprint density at radius 3 is 2.71 bits per heavy atom. The van der Waals surface area contributed by atoms with Crippen LogP contribution in [0.4, 0.5) is 19.0 Å². The van der Waals surface area contributed by atoms with Crippen molar-refractivity contribution in [2.24, 2.45) is 0 Å². The number of aromatic nitrogens is 3. The number of nitrogens with zero attached hydrogens (tertiary/aromatic N) is 2. The Hall–Kier alpha value is -1.50. The van der Waals surface area contributed by atoms with Gasteiger partial charge < -0.3 is 10.3 Å². The minimum Gasteiger partial charge on any atom is -0.370 e. The summed E-state index contributed by atoms with van der Waals surface area (Å²) in [5, 5.41) is 2.53. The van der Waals surface area contributed by atoms with Crippen molar-refractivity contribution >= 4 is 28.5 Å². The van der Waals surface area contributed by atoms with Crippen LogP contribution in [0.1, 0.15) is 12.5 Å². The first-order valence-corrected chi connectivity index (χ1v) is 5.17. The number of fused-ring (bicyclic) bond motifs is 1. The first-order chi connectivity index (χ1) is 7.93. The fourth-order valence-corrected chi connectivity index (χ4v) is 1.69. The first-order valence-electron chi connectivity index (χ1n) is 4.79. The molecule has 0 saturated heterocycles. The molecule has 2 N–H and O–H groups in total. The standard InChI is InChI=1S/C9H8ClF3N4/c1-2-14-6-5-4(9(11,12)13)3-15-7(5)17-8(10)16-6/h3H,2H2,1H3,(H2,14,15,16,17). The SMILES string of the molecule is CCNc1nc(Cl)nc2[nH]cc(C(F)(F)F)c12. The van der Waals surface area contributed by atoms with E-state index in [-0.39, 0.29) is 22.1 Å². The van der Waals surface area contributed by atoms with E-state index in [1.807, 2.05) is 0 Å². The number of rotatable bonds is 2. The Labute approximate surface area is 99.2 Å². The van der Waals surface area contributed by atoms with Gasteiger partial charge in [-0.15, -0.1) is 0 Å². The van der Waals surface area contributed by atoms with Gasteiger partial charge in [0.25, 0.3) is 0 Å². The van der Waals surface area contributed by atoms with Gasteiger partial charge in [-0.2, -0.15) is 18.2 Å². The van der Waals surface area contributed by atoms with E-state index in [2.05, 4.69) is 20.3 Å². The molecule has 0 saturated carbocycles. The fourth-order valence-electron chi connectivity index (χ4n) is 1.52. The normalized spacial score (nSPS) is 12.1. The van der Waals surface area contributed by atoms with E-state index in [0.717, 1.165) is 6.20 Å². The lowest BCUT2D eigenvalue weighted by Gasteiger charge is -2.08. The summed E-state index contributed by atoms with van der Waals surface area (Å²) in [6.45, 7) is 2.19. The van der Waals surface area contributed by atoms with Gasteiger partial charge in [0.1, 0.15) is 11.5 Å². The van der Waals surface area contributed by atoms with Crippen LogP contribution < -0.4 is 5.32 Å². The molecule has 0 bridgehead atoms. The second-order valence-corrected chi connectivity index (χ2v) is 3.63. The van der Waals surface area contributed by atoms with Crippen LogP contribution in [-0.4, -0.2) is 21.5 Å². The van der Waals surface area contributed by atoms with E-state index in [1.54, 1.807) is 6.92 Å². The van der Waals surface area contributed by atoms with Gasteiger partial charge in [-0.25, -0.2) is 4.98 Å². The second-order valence-electron chi connectivity index (χ2n) is 3.30. The maximum absolute atomic E-state index is 12.7. The van der Waals surface area contributed by atoms with Gasteiger partial charge in [-0.05, 0) is 18.5 Å². The molecule has 0 fully saturated rings. The second kappa shape index (κ2) is 4.06. The zero-order valence-electron chi connectivity index (χ0n) is 8.69. The van der Waals surface area contributed by atoms with E-state index in [1.165, 1.54) is 0 Å². The van der Waals surface area contributed by atoms with Crippen molar-refractivity contribution in [1.29, 1.82) is 0 Å². The zero-order chi connectivity index (χ0) is 12.6. The van der Waals surface area contributed by atoms with E-state index in [9.17, 15) is 13.2 Å². The number of hydrogen-bond acceptors (Lipinski definition) is 3. The molecule has 0 unspecified atom stereocenters. The summed E-state index contributed by atoms with van der Waals surface area (Å²) in [6, 6.07) is 0. The number of anilines is 1. The number of alkyl halides is 3. The lowest BCUT2D eigenvalue weighted by molar-refractivity contribution is -0.136. The third kappa shape index (κ3) is 2.14. The van der Waals surface area contributed by atoms with Crippen LogP contribution in [0, 0.1) is 0 Å².